The molecule has 398 valence electrons. The van der Waals surface area contributed by atoms with Crippen molar-refractivity contribution in [2.24, 2.45) is 45.3 Å². The first-order valence-corrected chi connectivity index (χ1v) is 25.2. The fourth-order valence-electron chi connectivity index (χ4n) is 15.1. The third-order valence-corrected chi connectivity index (χ3v) is 18.9. The van der Waals surface area contributed by atoms with Crippen LogP contribution in [0.4, 0.5) is 0 Å². The molecule has 0 amide bonds. The van der Waals surface area contributed by atoms with Gasteiger partial charge in [0.15, 0.2) is 18.9 Å². The largest absolute Gasteiger partial charge is 0.463 e. The first-order valence-electron chi connectivity index (χ1n) is 25.2. The molecule has 3 saturated heterocycles. The first kappa shape index (κ1) is 55.3. The number of aliphatic hydroxyl groups is 11. The second-order valence-corrected chi connectivity index (χ2v) is 23.7. The minimum atomic E-state index is -1.77. The number of fused-ring (bicyclic) bond motifs is 5. The molecule has 3 aliphatic heterocycles. The van der Waals surface area contributed by atoms with E-state index in [0.717, 1.165) is 5.57 Å². The Hall–Kier alpha value is -1.47. The third kappa shape index (κ3) is 9.64. The van der Waals surface area contributed by atoms with Gasteiger partial charge in [0.05, 0.1) is 36.6 Å². The van der Waals surface area contributed by atoms with Crippen LogP contribution < -0.4 is 0 Å². The number of carbonyl (C=O) groups excluding carboxylic acids is 1. The van der Waals surface area contributed by atoms with Crippen LogP contribution in [0, 0.1) is 45.3 Å². The Morgan fingerprint density at radius 1 is 0.725 bits per heavy atom. The van der Waals surface area contributed by atoms with E-state index in [1.807, 2.05) is 34.6 Å². The van der Waals surface area contributed by atoms with Crippen LogP contribution in [0.15, 0.2) is 11.6 Å². The molecule has 69 heavy (non-hydrogen) atoms. The Balaban J connectivity index is 1.28. The molecule has 7 rings (SSSR count). The summed E-state index contributed by atoms with van der Waals surface area (Å²) in [5.41, 5.74) is -2.55. The van der Waals surface area contributed by atoms with E-state index in [2.05, 4.69) is 26.8 Å². The van der Waals surface area contributed by atoms with Crippen molar-refractivity contribution in [3.63, 3.8) is 0 Å². The number of carbonyl (C=O) groups is 1. The predicted octanol–water partition coefficient (Wildman–Crippen LogP) is 0.542. The zero-order chi connectivity index (χ0) is 51.1. The van der Waals surface area contributed by atoms with E-state index < -0.39 is 163 Å². The highest BCUT2D eigenvalue weighted by atomic mass is 16.8. The standard InChI is InChI=1S/C50H84O19/c1-22(2)12-11-15-50(10,69-44-40(62)37(59)34(56)28(20-51)66-44)25-13-17-48(8)32(25)26(53)18-30-47(7)16-14-31(54)46(5,6)42(47)27(19-49(30,48)9)65-45-41(38(60)35(57)29(67-45)21-63-24(4)52)68-43-39(61)36(58)33(55)23(3)64-43/h12,23,25-45,51,53-62H,11,13-21H2,1-10H3/t23-,25-,26+,27-,28+,29+,30+,31-,32+,33-,34+,35+,36+,37-,38-,39+,40+,41+,42-,43-,44-,45+,47+,48+,49+,50-/m0/s1. The van der Waals surface area contributed by atoms with Crippen molar-refractivity contribution in [1.82, 2.24) is 0 Å². The molecule has 3 heterocycles. The van der Waals surface area contributed by atoms with Gasteiger partial charge >= 0.3 is 5.97 Å². The molecule has 19 nitrogen and oxygen atoms in total. The van der Waals surface area contributed by atoms with Crippen molar-refractivity contribution in [1.29, 1.82) is 0 Å². The van der Waals surface area contributed by atoms with Gasteiger partial charge in [-0.15, -0.1) is 0 Å². The molecule has 4 aliphatic carbocycles. The highest BCUT2D eigenvalue weighted by Gasteiger charge is 2.74. The van der Waals surface area contributed by atoms with Crippen LogP contribution in [-0.2, 0) is 38.0 Å². The number of hydrogen-bond acceptors (Lipinski definition) is 19. The maximum atomic E-state index is 12.8. The summed E-state index contributed by atoms with van der Waals surface area (Å²) < 4.78 is 43.7. The fraction of sp³-hybridized carbons (Fsp3) is 0.940. The van der Waals surface area contributed by atoms with E-state index in [4.69, 9.17) is 33.2 Å². The lowest BCUT2D eigenvalue weighted by molar-refractivity contribution is -0.382. The van der Waals surface area contributed by atoms with Crippen molar-refractivity contribution in [3.8, 4) is 0 Å². The van der Waals surface area contributed by atoms with E-state index in [1.54, 1.807) is 0 Å². The van der Waals surface area contributed by atoms with Crippen molar-refractivity contribution in [2.75, 3.05) is 13.2 Å². The molecule has 0 spiro atoms. The monoisotopic (exact) mass is 989 g/mol. The van der Waals surface area contributed by atoms with E-state index in [1.165, 1.54) is 13.8 Å². The number of allylic oxidation sites excluding steroid dienone is 2. The molecule has 11 N–H and O–H groups in total. The summed E-state index contributed by atoms with van der Waals surface area (Å²) >= 11 is 0. The van der Waals surface area contributed by atoms with Crippen LogP contribution in [0.2, 0.25) is 0 Å². The lowest BCUT2D eigenvalue weighted by atomic mass is 9.34. The van der Waals surface area contributed by atoms with Gasteiger partial charge in [0, 0.05) is 6.92 Å². The Morgan fingerprint density at radius 3 is 1.99 bits per heavy atom. The molecule has 0 aromatic carbocycles. The Bertz CT molecular complexity index is 1810. The third-order valence-electron chi connectivity index (χ3n) is 18.9. The number of hydrogen-bond donors (Lipinski definition) is 11. The summed E-state index contributed by atoms with van der Waals surface area (Å²) in [6.07, 6.45) is -18.9. The normalized spacial score (nSPS) is 51.6. The van der Waals surface area contributed by atoms with Crippen molar-refractivity contribution >= 4 is 5.97 Å². The smallest absolute Gasteiger partial charge is 0.302 e. The number of rotatable bonds is 13. The van der Waals surface area contributed by atoms with E-state index >= 15 is 0 Å². The van der Waals surface area contributed by atoms with Crippen LogP contribution >= 0.6 is 0 Å². The predicted molar refractivity (Wildman–Crippen MR) is 243 cm³/mol. The molecule has 0 bridgehead atoms. The van der Waals surface area contributed by atoms with Gasteiger partial charge in [-0.3, -0.25) is 4.79 Å². The van der Waals surface area contributed by atoms with E-state index in [-0.39, 0.29) is 17.8 Å². The van der Waals surface area contributed by atoms with Gasteiger partial charge in [-0.05, 0) is 124 Å². The minimum Gasteiger partial charge on any atom is -0.463 e. The molecule has 26 atom stereocenters. The first-order chi connectivity index (χ1) is 32.1. The van der Waals surface area contributed by atoms with Crippen molar-refractivity contribution in [3.05, 3.63) is 11.6 Å². The average Bonchev–Trinajstić information content (AvgIpc) is 3.66. The Kier molecular flexibility index (Phi) is 16.3. The van der Waals surface area contributed by atoms with Gasteiger partial charge in [0.25, 0.3) is 0 Å². The van der Waals surface area contributed by atoms with Crippen LogP contribution in [0.3, 0.4) is 0 Å². The summed E-state index contributed by atoms with van der Waals surface area (Å²) in [5, 5.41) is 123. The number of ether oxygens (including phenoxy) is 7. The molecule has 7 aliphatic rings. The minimum absolute atomic E-state index is 0.108. The van der Waals surface area contributed by atoms with Gasteiger partial charge < -0.3 is 89.3 Å². The van der Waals surface area contributed by atoms with Crippen LogP contribution in [0.5, 0.6) is 0 Å². The quantitative estimate of drug-likeness (QED) is 0.0682. The van der Waals surface area contributed by atoms with Gasteiger partial charge in [0.2, 0.25) is 0 Å². The molecule has 19 heteroatoms. The SMILES string of the molecule is CC(=O)OC[C@H]1O[C@@H](O[C@H]2C[C@]3(C)[C@H](C[C@@H](O)[C@H]4[C@@H]([C@](C)(CCC=C(C)C)O[C@@H]5O[C@H](CO)[C@@H](O)[C@H](O)[C@H]5O)CC[C@]43C)[C@@]3(C)CC[C@H](O)C(C)(C)[C@H]23)[C@H](O[C@@H]2O[C@@H](C)[C@H](O)[C@@H](O)[C@H]2O)[C@@H](O)[C@@H]1O. The molecular formula is C50H84O19. The van der Waals surface area contributed by atoms with Crippen molar-refractivity contribution in [2.45, 2.75) is 237 Å². The molecule has 4 saturated carbocycles. The van der Waals surface area contributed by atoms with Crippen LogP contribution in [0.25, 0.3) is 0 Å². The van der Waals surface area contributed by atoms with Gasteiger partial charge in [0.1, 0.15) is 73.8 Å². The van der Waals surface area contributed by atoms with Crippen LogP contribution in [-0.4, -0.2) is 191 Å². The van der Waals surface area contributed by atoms with Gasteiger partial charge in [-0.2, -0.15) is 0 Å². The lowest BCUT2D eigenvalue weighted by Gasteiger charge is -2.72. The number of esters is 1. The van der Waals surface area contributed by atoms with Gasteiger partial charge in [-0.1, -0.05) is 46.3 Å². The summed E-state index contributed by atoms with van der Waals surface area (Å²) in [6.45, 7) is 18.2. The fourth-order valence-corrected chi connectivity index (χ4v) is 15.1. The molecular weight excluding hydrogens is 905 g/mol. The summed E-state index contributed by atoms with van der Waals surface area (Å²) in [7, 11) is 0. The Morgan fingerprint density at radius 2 is 1.35 bits per heavy atom. The molecule has 0 radical (unpaired) electrons. The number of aliphatic hydroxyl groups excluding tert-OH is 11. The van der Waals surface area contributed by atoms with Crippen molar-refractivity contribution < 1.29 is 94.1 Å². The molecule has 0 aromatic rings. The van der Waals surface area contributed by atoms with E-state index in [9.17, 15) is 61.0 Å². The van der Waals surface area contributed by atoms with Gasteiger partial charge in [-0.25, -0.2) is 0 Å². The Labute approximate surface area is 406 Å². The second kappa shape index (κ2) is 20.3. The maximum absolute atomic E-state index is 12.8. The molecule has 0 aromatic heterocycles. The van der Waals surface area contributed by atoms with E-state index in [0.29, 0.717) is 51.4 Å². The summed E-state index contributed by atoms with van der Waals surface area (Å²) in [6, 6.07) is 0. The zero-order valence-electron chi connectivity index (χ0n) is 42.0. The lowest BCUT2D eigenvalue weighted by Crippen LogP contribution is -2.71. The summed E-state index contributed by atoms with van der Waals surface area (Å²) in [4.78, 5) is 12.0. The van der Waals surface area contributed by atoms with Crippen LogP contribution in [0.1, 0.15) is 121 Å². The average molecular weight is 989 g/mol. The second-order valence-electron chi connectivity index (χ2n) is 23.7. The zero-order valence-corrected chi connectivity index (χ0v) is 42.0. The summed E-state index contributed by atoms with van der Waals surface area (Å²) in [5.74, 6) is -1.86. The molecule has 7 fully saturated rings. The highest BCUT2D eigenvalue weighted by molar-refractivity contribution is 5.65. The topological polar surface area (TPSA) is 304 Å². The maximum Gasteiger partial charge on any atom is 0.302 e. The highest BCUT2D eigenvalue weighted by Crippen LogP contribution is 2.76. The molecule has 0 unspecified atom stereocenters.